The van der Waals surface area contributed by atoms with E-state index < -0.39 is 100 Å². The van der Waals surface area contributed by atoms with Gasteiger partial charge in [-0.2, -0.15) is 36.3 Å². The first kappa shape index (κ1) is 27.7. The van der Waals surface area contributed by atoms with Crippen molar-refractivity contribution in [1.29, 1.82) is 0 Å². The van der Waals surface area contributed by atoms with E-state index in [9.17, 15) is 40.6 Å². The maximum absolute atomic E-state index is 14.9. The number of anilines is 1. The fraction of sp³-hybridized carbons (Fsp3) is 0.552. The van der Waals surface area contributed by atoms with Crippen LogP contribution in [0.4, 0.5) is 36.6 Å². The van der Waals surface area contributed by atoms with E-state index in [-0.39, 0.29) is 41.9 Å². The highest BCUT2D eigenvalue weighted by Gasteiger charge is 2.50. The first-order valence-electron chi connectivity index (χ1n) is 15.9. The standard InChI is InChI=1S/C29H28ClF7N6O3/c30-19-6-17(44)7-20(22(19)29(35,36)37)43-21(28(32,33)34)8-18-23(25(43)45)39-26(40-24(18)42-12-15-2-3-16(42)10-38-15)46-13-27-4-1-5-41(27)11-14(31)9-27/h6-8,14-16,38,44H,1-5,9-13H2/t14-,15?,16?,27+/m1/s1/i5D2,14D. The Morgan fingerprint density at radius 3 is 2.59 bits per heavy atom. The highest BCUT2D eigenvalue weighted by atomic mass is 35.5. The quantitative estimate of drug-likeness (QED) is 0.361. The Kier molecular flexibility index (Phi) is 6.53. The highest BCUT2D eigenvalue weighted by Crippen LogP contribution is 2.44. The Labute approximate surface area is 266 Å². The van der Waals surface area contributed by atoms with E-state index in [0.717, 1.165) is 6.42 Å². The van der Waals surface area contributed by atoms with Gasteiger partial charge in [0, 0.05) is 46.9 Å². The Balaban J connectivity index is 1.44. The molecule has 5 saturated heterocycles. The lowest BCUT2D eigenvalue weighted by atomic mass is 9.93. The number of fused-ring (bicyclic) bond motifs is 5. The molecular weight excluding hydrogens is 649 g/mol. The molecule has 0 radical (unpaired) electrons. The largest absolute Gasteiger partial charge is 0.508 e. The van der Waals surface area contributed by atoms with Crippen LogP contribution in [0.2, 0.25) is 5.02 Å². The molecule has 2 aromatic heterocycles. The molecular formula is C29H28ClF7N6O3. The molecule has 2 unspecified atom stereocenters. The van der Waals surface area contributed by atoms with E-state index in [0.29, 0.717) is 31.2 Å². The third kappa shape index (κ3) is 5.21. The summed E-state index contributed by atoms with van der Waals surface area (Å²) in [6.45, 7) is -2.27. The number of piperidine rings is 2. The molecule has 4 atom stereocenters. The molecule has 2 bridgehead atoms. The summed E-state index contributed by atoms with van der Waals surface area (Å²) in [4.78, 5) is 25.5. The van der Waals surface area contributed by atoms with Crippen molar-refractivity contribution >= 4 is 28.3 Å². The number of nitrogens with one attached hydrogen (secondary N) is 1. The summed E-state index contributed by atoms with van der Waals surface area (Å²) in [5.74, 6) is -1.08. The first-order valence-corrected chi connectivity index (χ1v) is 14.8. The van der Waals surface area contributed by atoms with Gasteiger partial charge in [-0.25, -0.2) is 4.39 Å². The van der Waals surface area contributed by atoms with Gasteiger partial charge >= 0.3 is 18.4 Å². The predicted molar refractivity (Wildman–Crippen MR) is 153 cm³/mol. The lowest BCUT2D eigenvalue weighted by molar-refractivity contribution is -0.144. The maximum atomic E-state index is 14.9. The number of benzene rings is 1. The zero-order valence-electron chi connectivity index (χ0n) is 26.8. The van der Waals surface area contributed by atoms with Crippen LogP contribution in [0.25, 0.3) is 16.6 Å². The fourth-order valence-electron chi connectivity index (χ4n) is 7.00. The summed E-state index contributed by atoms with van der Waals surface area (Å²) < 4.78 is 132. The van der Waals surface area contributed by atoms with Crippen molar-refractivity contribution in [2.75, 3.05) is 37.6 Å². The SMILES string of the molecule is [2H]C1([2H])CC[C@@]2(COc3nc(N4CC5CCC4CN5)c4cc(C(F)(F)F)n(-c5cc(O)cc(Cl)c5C(F)(F)F)c(=O)c4n3)C[C@@]([2H])(F)CN12. The monoisotopic (exact) mass is 679 g/mol. The zero-order chi connectivity index (χ0) is 35.5. The van der Waals surface area contributed by atoms with Gasteiger partial charge in [-0.05, 0) is 44.3 Å². The molecule has 5 aliphatic rings. The number of rotatable bonds is 5. The lowest BCUT2D eigenvalue weighted by Crippen LogP contribution is -2.61. The Morgan fingerprint density at radius 2 is 1.93 bits per heavy atom. The smallest absolute Gasteiger partial charge is 0.431 e. The van der Waals surface area contributed by atoms with E-state index in [1.165, 1.54) is 4.90 Å². The van der Waals surface area contributed by atoms with Gasteiger partial charge in [0.05, 0.1) is 28.6 Å². The number of ether oxygens (including phenoxy) is 1. The van der Waals surface area contributed by atoms with Crippen LogP contribution in [-0.4, -0.2) is 81.0 Å². The molecule has 5 aliphatic heterocycles. The minimum atomic E-state index is -5.40. The van der Waals surface area contributed by atoms with Crippen LogP contribution in [-0.2, 0) is 12.4 Å². The van der Waals surface area contributed by atoms with Crippen LogP contribution in [0.1, 0.15) is 47.5 Å². The van der Waals surface area contributed by atoms with Gasteiger partial charge in [0.25, 0.3) is 5.56 Å². The van der Waals surface area contributed by atoms with Gasteiger partial charge in [-0.1, -0.05) is 11.6 Å². The summed E-state index contributed by atoms with van der Waals surface area (Å²) in [6.07, 6.45) is -12.2. The van der Waals surface area contributed by atoms with Crippen LogP contribution in [0.15, 0.2) is 23.0 Å². The number of pyridine rings is 1. The van der Waals surface area contributed by atoms with E-state index in [2.05, 4.69) is 15.3 Å². The minimum absolute atomic E-state index is 0.000932. The van der Waals surface area contributed by atoms with E-state index in [1.807, 2.05) is 0 Å². The van der Waals surface area contributed by atoms with Gasteiger partial charge in [-0.15, -0.1) is 0 Å². The number of nitrogens with zero attached hydrogens (tertiary/aromatic N) is 5. The van der Waals surface area contributed by atoms with Crippen molar-refractivity contribution < 1.29 is 44.7 Å². The number of alkyl halides is 7. The number of aromatic nitrogens is 3. The zero-order valence-corrected chi connectivity index (χ0v) is 24.5. The summed E-state index contributed by atoms with van der Waals surface area (Å²) >= 11 is 5.78. The molecule has 0 spiro atoms. The van der Waals surface area contributed by atoms with Gasteiger partial charge in [0.2, 0.25) is 0 Å². The van der Waals surface area contributed by atoms with Gasteiger partial charge in [0.15, 0.2) is 0 Å². The number of piperazine rings is 1. The maximum Gasteiger partial charge on any atom is 0.431 e. The molecule has 46 heavy (non-hydrogen) atoms. The Morgan fingerprint density at radius 1 is 1.15 bits per heavy atom. The topological polar surface area (TPSA) is 95.8 Å². The molecule has 17 heteroatoms. The predicted octanol–water partition coefficient (Wildman–Crippen LogP) is 5.07. The molecule has 0 amide bonds. The van der Waals surface area contributed by atoms with Crippen molar-refractivity contribution in [2.24, 2.45) is 0 Å². The van der Waals surface area contributed by atoms with Crippen molar-refractivity contribution in [3.63, 3.8) is 0 Å². The van der Waals surface area contributed by atoms with Crippen molar-refractivity contribution in [3.05, 3.63) is 44.8 Å². The summed E-state index contributed by atoms with van der Waals surface area (Å²) in [5.41, 5.74) is -8.68. The highest BCUT2D eigenvalue weighted by molar-refractivity contribution is 6.31. The Hall–Kier alpha value is -3.37. The van der Waals surface area contributed by atoms with Crippen LogP contribution < -0.4 is 20.5 Å². The van der Waals surface area contributed by atoms with Crippen molar-refractivity contribution in [2.45, 2.75) is 68.2 Å². The lowest BCUT2D eigenvalue weighted by Gasteiger charge is -2.46. The molecule has 0 aliphatic carbocycles. The second-order valence-corrected chi connectivity index (χ2v) is 12.4. The Bertz CT molecular complexity index is 1900. The summed E-state index contributed by atoms with van der Waals surface area (Å²) in [5, 5.41) is 11.8. The first-order chi connectivity index (χ1) is 22.7. The number of phenolic OH excluding ortho intramolecular Hbond substituents is 1. The molecule has 8 rings (SSSR count). The normalized spacial score (nSPS) is 30.3. The van der Waals surface area contributed by atoms with Crippen LogP contribution in [0.5, 0.6) is 11.8 Å². The number of halogens is 8. The molecule has 5 fully saturated rings. The van der Waals surface area contributed by atoms with Gasteiger partial charge < -0.3 is 20.1 Å². The van der Waals surface area contributed by atoms with Crippen molar-refractivity contribution in [1.82, 2.24) is 24.8 Å². The van der Waals surface area contributed by atoms with Crippen LogP contribution in [0, 0.1) is 0 Å². The number of aromatic hydroxyl groups is 1. The third-order valence-electron chi connectivity index (χ3n) is 9.11. The van der Waals surface area contributed by atoms with Crippen molar-refractivity contribution in [3.8, 4) is 17.4 Å². The molecule has 3 aromatic rings. The van der Waals surface area contributed by atoms with Gasteiger partial charge in [-0.3, -0.25) is 14.3 Å². The van der Waals surface area contributed by atoms with Crippen LogP contribution >= 0.6 is 11.6 Å². The fourth-order valence-corrected chi connectivity index (χ4v) is 7.32. The minimum Gasteiger partial charge on any atom is -0.508 e. The van der Waals surface area contributed by atoms with E-state index in [1.54, 1.807) is 4.90 Å². The third-order valence-corrected chi connectivity index (χ3v) is 9.41. The molecule has 248 valence electrons. The average Bonchev–Trinajstić information content (AvgIpc) is 3.41. The summed E-state index contributed by atoms with van der Waals surface area (Å²) in [7, 11) is 0. The molecule has 2 N–H and O–H groups in total. The van der Waals surface area contributed by atoms with Gasteiger partial charge in [0.1, 0.15) is 35.5 Å². The molecule has 7 heterocycles. The number of phenols is 1. The summed E-state index contributed by atoms with van der Waals surface area (Å²) in [6, 6.07) is 0.386. The number of hydrogen-bond donors (Lipinski definition) is 2. The number of hydrogen-bond acceptors (Lipinski definition) is 8. The second-order valence-electron chi connectivity index (χ2n) is 12.0. The van der Waals surface area contributed by atoms with E-state index in [4.69, 9.17) is 20.5 Å². The van der Waals surface area contributed by atoms with Crippen LogP contribution in [0.3, 0.4) is 0 Å². The second kappa shape index (κ2) is 10.8. The molecule has 9 nitrogen and oxygen atoms in total. The molecule has 1 aromatic carbocycles. The average molecular weight is 680 g/mol. The van der Waals surface area contributed by atoms with E-state index >= 15 is 0 Å². The molecule has 0 saturated carbocycles.